The number of ether oxygens (including phenoxy) is 4. The summed E-state index contributed by atoms with van der Waals surface area (Å²) in [5.41, 5.74) is 2.12. The average molecular weight is 423 g/mol. The predicted molar refractivity (Wildman–Crippen MR) is 117 cm³/mol. The molecular weight excluding hydrogens is 398 g/mol. The highest BCUT2D eigenvalue weighted by Crippen LogP contribution is 2.38. The van der Waals surface area contributed by atoms with Crippen molar-refractivity contribution in [2.24, 2.45) is 0 Å². The fourth-order valence-electron chi connectivity index (χ4n) is 3.53. The van der Waals surface area contributed by atoms with Crippen LogP contribution >= 0.6 is 0 Å². The summed E-state index contributed by atoms with van der Waals surface area (Å²) in [6, 6.07) is 12.4. The van der Waals surface area contributed by atoms with E-state index in [0.717, 1.165) is 0 Å². The first-order valence-electron chi connectivity index (χ1n) is 9.76. The molecule has 31 heavy (non-hydrogen) atoms. The molecule has 0 aromatic heterocycles. The molecule has 0 saturated carbocycles. The zero-order valence-corrected chi connectivity index (χ0v) is 18.2. The smallest absolute Gasteiger partial charge is 0.340 e. The minimum Gasteiger partial charge on any atom is -0.494 e. The summed E-state index contributed by atoms with van der Waals surface area (Å²) in [5, 5.41) is 0. The van der Waals surface area contributed by atoms with Gasteiger partial charge in [0, 0.05) is 16.9 Å². The maximum atomic E-state index is 13.4. The van der Waals surface area contributed by atoms with Crippen LogP contribution in [-0.4, -0.2) is 39.8 Å². The molecule has 0 bridgehead atoms. The van der Waals surface area contributed by atoms with Gasteiger partial charge in [-0.3, -0.25) is 9.69 Å². The number of esters is 1. The number of carbonyl (C=O) groups is 2. The summed E-state index contributed by atoms with van der Waals surface area (Å²) in [7, 11) is 4.34. The molecule has 1 aliphatic heterocycles. The molecule has 162 valence electrons. The molecule has 7 nitrogen and oxygen atoms in total. The number of amides is 1. The molecule has 0 atom stereocenters. The van der Waals surface area contributed by atoms with Gasteiger partial charge in [0.05, 0.1) is 39.1 Å². The number of benzene rings is 2. The van der Waals surface area contributed by atoms with Gasteiger partial charge in [-0.05, 0) is 50.3 Å². The average Bonchev–Trinajstić information content (AvgIpc) is 3.03. The van der Waals surface area contributed by atoms with Gasteiger partial charge in [-0.15, -0.1) is 0 Å². The van der Waals surface area contributed by atoms with E-state index in [1.165, 1.54) is 26.2 Å². The van der Waals surface area contributed by atoms with Crippen LogP contribution in [0.4, 0.5) is 5.69 Å². The SMILES string of the molecule is CCOc1ccc(N2C(=O)C(=Cc3cccc(OC)c3OC)C(C(=O)OC)=C2C)cc1. The van der Waals surface area contributed by atoms with Crippen LogP contribution in [0.3, 0.4) is 0 Å². The van der Waals surface area contributed by atoms with E-state index in [0.29, 0.717) is 40.8 Å². The van der Waals surface area contributed by atoms with E-state index >= 15 is 0 Å². The fraction of sp³-hybridized carbons (Fsp3) is 0.250. The fourth-order valence-corrected chi connectivity index (χ4v) is 3.53. The molecule has 1 heterocycles. The van der Waals surface area contributed by atoms with E-state index in [1.54, 1.807) is 55.5 Å². The third-order valence-electron chi connectivity index (χ3n) is 4.93. The number of nitrogens with zero attached hydrogens (tertiary/aromatic N) is 1. The van der Waals surface area contributed by atoms with Crippen LogP contribution in [0.5, 0.6) is 17.2 Å². The van der Waals surface area contributed by atoms with E-state index in [2.05, 4.69) is 0 Å². The number of para-hydroxylation sites is 1. The van der Waals surface area contributed by atoms with Gasteiger partial charge in [-0.25, -0.2) is 4.79 Å². The Morgan fingerprint density at radius 1 is 1.03 bits per heavy atom. The van der Waals surface area contributed by atoms with E-state index in [-0.39, 0.29) is 17.1 Å². The topological polar surface area (TPSA) is 74.3 Å². The van der Waals surface area contributed by atoms with Crippen LogP contribution in [0.15, 0.2) is 59.3 Å². The van der Waals surface area contributed by atoms with Crippen LogP contribution < -0.4 is 19.1 Å². The summed E-state index contributed by atoms with van der Waals surface area (Å²) < 4.78 is 21.2. The Balaban J connectivity index is 2.12. The van der Waals surface area contributed by atoms with Gasteiger partial charge < -0.3 is 18.9 Å². The summed E-state index contributed by atoms with van der Waals surface area (Å²) in [4.78, 5) is 27.5. The van der Waals surface area contributed by atoms with Crippen molar-refractivity contribution in [2.75, 3.05) is 32.8 Å². The molecule has 0 aliphatic carbocycles. The Kier molecular flexibility index (Phi) is 6.65. The highest BCUT2D eigenvalue weighted by atomic mass is 16.5. The quantitative estimate of drug-likeness (QED) is 0.495. The second kappa shape index (κ2) is 9.38. The van der Waals surface area contributed by atoms with E-state index in [9.17, 15) is 9.59 Å². The van der Waals surface area contributed by atoms with Crippen LogP contribution in [0.25, 0.3) is 6.08 Å². The van der Waals surface area contributed by atoms with E-state index in [1.807, 2.05) is 6.92 Å². The Hall–Kier alpha value is -3.74. The molecule has 2 aromatic rings. The van der Waals surface area contributed by atoms with Crippen LogP contribution in [0, 0.1) is 0 Å². The molecule has 7 heteroatoms. The minimum absolute atomic E-state index is 0.200. The van der Waals surface area contributed by atoms with Crippen molar-refractivity contribution in [3.63, 3.8) is 0 Å². The predicted octanol–water partition coefficient (Wildman–Crippen LogP) is 3.98. The maximum Gasteiger partial charge on any atom is 0.340 e. The van der Waals surface area contributed by atoms with Crippen LogP contribution in [0.1, 0.15) is 19.4 Å². The first-order chi connectivity index (χ1) is 15.0. The first kappa shape index (κ1) is 22.0. The third-order valence-corrected chi connectivity index (χ3v) is 4.93. The van der Waals surface area contributed by atoms with E-state index in [4.69, 9.17) is 18.9 Å². The zero-order valence-electron chi connectivity index (χ0n) is 18.2. The monoisotopic (exact) mass is 423 g/mol. The number of hydrogen-bond donors (Lipinski definition) is 0. The van der Waals surface area contributed by atoms with Gasteiger partial charge in [0.15, 0.2) is 11.5 Å². The van der Waals surface area contributed by atoms with Crippen LogP contribution in [-0.2, 0) is 14.3 Å². The second-order valence-corrected chi connectivity index (χ2v) is 6.66. The largest absolute Gasteiger partial charge is 0.494 e. The maximum absolute atomic E-state index is 13.4. The third kappa shape index (κ3) is 4.12. The zero-order chi connectivity index (χ0) is 22.5. The number of carbonyl (C=O) groups excluding carboxylic acids is 2. The van der Waals surface area contributed by atoms with Gasteiger partial charge >= 0.3 is 5.97 Å². The van der Waals surface area contributed by atoms with E-state index < -0.39 is 5.97 Å². The molecule has 0 saturated heterocycles. The van der Waals surface area contributed by atoms with Crippen molar-refractivity contribution in [1.29, 1.82) is 0 Å². The van der Waals surface area contributed by atoms with Gasteiger partial charge in [0.25, 0.3) is 5.91 Å². The summed E-state index contributed by atoms with van der Waals surface area (Å²) in [5.74, 6) is 0.751. The molecular formula is C24H25NO6. The molecule has 0 N–H and O–H groups in total. The summed E-state index contributed by atoms with van der Waals surface area (Å²) in [6.07, 6.45) is 1.62. The number of anilines is 1. The minimum atomic E-state index is -0.590. The lowest BCUT2D eigenvalue weighted by atomic mass is 10.0. The number of hydrogen-bond acceptors (Lipinski definition) is 6. The highest BCUT2D eigenvalue weighted by Gasteiger charge is 2.38. The van der Waals surface area contributed by atoms with Crippen molar-refractivity contribution in [1.82, 2.24) is 0 Å². The van der Waals surface area contributed by atoms with Crippen molar-refractivity contribution in [3.8, 4) is 17.2 Å². The lowest BCUT2D eigenvalue weighted by molar-refractivity contribution is -0.136. The highest BCUT2D eigenvalue weighted by molar-refractivity contribution is 6.24. The Labute approximate surface area is 181 Å². The molecule has 2 aromatic carbocycles. The van der Waals surface area contributed by atoms with Crippen molar-refractivity contribution in [3.05, 3.63) is 64.9 Å². The van der Waals surface area contributed by atoms with Gasteiger partial charge in [0.1, 0.15) is 5.75 Å². The Morgan fingerprint density at radius 2 is 1.74 bits per heavy atom. The Bertz CT molecular complexity index is 1050. The van der Waals surface area contributed by atoms with Gasteiger partial charge in [-0.2, -0.15) is 0 Å². The molecule has 1 aliphatic rings. The summed E-state index contributed by atoms with van der Waals surface area (Å²) >= 11 is 0. The molecule has 0 unspecified atom stereocenters. The number of allylic oxidation sites excluding steroid dienone is 1. The molecule has 3 rings (SSSR count). The first-order valence-corrected chi connectivity index (χ1v) is 9.76. The summed E-state index contributed by atoms with van der Waals surface area (Å²) in [6.45, 7) is 4.16. The molecule has 0 fully saturated rings. The lowest BCUT2D eigenvalue weighted by Gasteiger charge is -2.18. The number of methoxy groups -OCH3 is 3. The molecule has 0 spiro atoms. The Morgan fingerprint density at radius 3 is 2.32 bits per heavy atom. The van der Waals surface area contributed by atoms with Crippen LogP contribution in [0.2, 0.25) is 0 Å². The normalized spacial score (nSPS) is 14.8. The standard InChI is InChI=1S/C24H25NO6/c1-6-31-18-12-10-17(11-13-18)25-15(2)21(24(27)30-5)19(23(25)26)14-16-8-7-9-20(28-3)22(16)29-4/h7-14H,6H2,1-5H3. The molecule has 1 amide bonds. The van der Waals surface area contributed by atoms with Crippen molar-refractivity contribution < 1.29 is 28.5 Å². The van der Waals surface area contributed by atoms with Gasteiger partial charge in [-0.1, -0.05) is 12.1 Å². The van der Waals surface area contributed by atoms with Crippen molar-refractivity contribution in [2.45, 2.75) is 13.8 Å². The van der Waals surface area contributed by atoms with Gasteiger partial charge in [0.2, 0.25) is 0 Å². The lowest BCUT2D eigenvalue weighted by Crippen LogP contribution is -2.24. The second-order valence-electron chi connectivity index (χ2n) is 6.66. The molecule has 0 radical (unpaired) electrons. The van der Waals surface area contributed by atoms with Crippen molar-refractivity contribution >= 4 is 23.6 Å². The number of rotatable bonds is 7.